The molecule has 0 aromatic carbocycles. The van der Waals surface area contributed by atoms with Crippen LogP contribution in [-0.2, 0) is 4.74 Å². The van der Waals surface area contributed by atoms with Crippen molar-refractivity contribution in [2.24, 2.45) is 5.92 Å². The van der Waals surface area contributed by atoms with Crippen LogP contribution in [-0.4, -0.2) is 41.3 Å². The maximum absolute atomic E-state index is 11.7. The minimum absolute atomic E-state index is 0.307. The minimum atomic E-state index is -0.427. The van der Waals surface area contributed by atoms with Gasteiger partial charge in [-0.05, 0) is 51.7 Å². The second kappa shape index (κ2) is 6.56. The van der Waals surface area contributed by atoms with Gasteiger partial charge in [0.2, 0.25) is 0 Å². The van der Waals surface area contributed by atoms with Gasteiger partial charge in [0.25, 0.3) is 0 Å². The molecule has 1 heterocycles. The van der Waals surface area contributed by atoms with Gasteiger partial charge in [-0.2, -0.15) is 11.8 Å². The molecule has 1 amide bonds. The van der Waals surface area contributed by atoms with Crippen LogP contribution < -0.4 is 10.6 Å². The molecule has 5 heteroatoms. The van der Waals surface area contributed by atoms with Crippen molar-refractivity contribution < 1.29 is 9.53 Å². The SMILES string of the molecule is CC1SCCC1NC(CNC(=O)OC(C)(C)C)C1CC1. The number of thioether (sulfide) groups is 1. The lowest BCUT2D eigenvalue weighted by Crippen LogP contribution is -2.49. The first kappa shape index (κ1) is 16.0. The third-order valence-electron chi connectivity index (χ3n) is 3.86. The number of carbonyl (C=O) groups excluding carboxylic acids is 1. The van der Waals surface area contributed by atoms with Crippen LogP contribution in [0, 0.1) is 5.92 Å². The summed E-state index contributed by atoms with van der Waals surface area (Å²) in [6.45, 7) is 8.63. The molecule has 0 radical (unpaired) electrons. The van der Waals surface area contributed by atoms with E-state index in [9.17, 15) is 4.79 Å². The zero-order chi connectivity index (χ0) is 14.8. The Morgan fingerprint density at radius 3 is 2.55 bits per heavy atom. The molecule has 1 aliphatic carbocycles. The van der Waals surface area contributed by atoms with Crippen LogP contribution in [0.15, 0.2) is 0 Å². The van der Waals surface area contributed by atoms with E-state index in [1.807, 2.05) is 32.5 Å². The van der Waals surface area contributed by atoms with Crippen LogP contribution in [0.25, 0.3) is 0 Å². The van der Waals surface area contributed by atoms with E-state index in [1.165, 1.54) is 25.0 Å². The monoisotopic (exact) mass is 300 g/mol. The molecular formula is C15H28N2O2S. The van der Waals surface area contributed by atoms with E-state index in [2.05, 4.69) is 17.6 Å². The second-order valence-electron chi connectivity index (χ2n) is 6.96. The fraction of sp³-hybridized carbons (Fsp3) is 0.933. The first-order valence-electron chi connectivity index (χ1n) is 7.69. The number of hydrogen-bond donors (Lipinski definition) is 2. The molecule has 2 aliphatic rings. The van der Waals surface area contributed by atoms with Crippen LogP contribution in [0.3, 0.4) is 0 Å². The molecule has 3 unspecified atom stereocenters. The first-order valence-corrected chi connectivity index (χ1v) is 8.74. The lowest BCUT2D eigenvalue weighted by atomic mass is 10.1. The molecular weight excluding hydrogens is 272 g/mol. The summed E-state index contributed by atoms with van der Waals surface area (Å²) in [5.74, 6) is 1.97. The van der Waals surface area contributed by atoms with Crippen molar-refractivity contribution >= 4 is 17.9 Å². The van der Waals surface area contributed by atoms with E-state index >= 15 is 0 Å². The van der Waals surface area contributed by atoms with Gasteiger partial charge in [0.15, 0.2) is 0 Å². The Morgan fingerprint density at radius 2 is 2.05 bits per heavy atom. The Kier molecular flexibility index (Phi) is 5.24. The normalized spacial score (nSPS) is 28.2. The first-order chi connectivity index (χ1) is 9.35. The fourth-order valence-corrected chi connectivity index (χ4v) is 3.80. The largest absolute Gasteiger partial charge is 0.444 e. The Labute approximate surface area is 126 Å². The lowest BCUT2D eigenvalue weighted by molar-refractivity contribution is 0.0520. The summed E-state index contributed by atoms with van der Waals surface area (Å²) in [4.78, 5) is 11.7. The lowest BCUT2D eigenvalue weighted by Gasteiger charge is -2.26. The van der Waals surface area contributed by atoms with Crippen molar-refractivity contribution in [3.05, 3.63) is 0 Å². The van der Waals surface area contributed by atoms with Crippen molar-refractivity contribution in [2.75, 3.05) is 12.3 Å². The summed E-state index contributed by atoms with van der Waals surface area (Å²) in [6, 6.07) is 0.986. The minimum Gasteiger partial charge on any atom is -0.444 e. The molecule has 0 aromatic rings. The maximum atomic E-state index is 11.7. The van der Waals surface area contributed by atoms with Crippen molar-refractivity contribution in [2.45, 2.75) is 69.9 Å². The van der Waals surface area contributed by atoms with Crippen LogP contribution in [0.1, 0.15) is 47.0 Å². The van der Waals surface area contributed by atoms with E-state index in [1.54, 1.807) is 0 Å². The Hall–Kier alpha value is -0.420. The number of amides is 1. The third-order valence-corrected chi connectivity index (χ3v) is 5.19. The van der Waals surface area contributed by atoms with Gasteiger partial charge in [-0.15, -0.1) is 0 Å². The summed E-state index contributed by atoms with van der Waals surface area (Å²) in [5.41, 5.74) is -0.427. The third kappa shape index (κ3) is 5.17. The number of hydrogen-bond acceptors (Lipinski definition) is 4. The molecule has 0 bridgehead atoms. The molecule has 1 saturated carbocycles. The molecule has 1 aliphatic heterocycles. The van der Waals surface area contributed by atoms with E-state index < -0.39 is 5.60 Å². The van der Waals surface area contributed by atoms with Gasteiger partial charge < -0.3 is 15.4 Å². The average molecular weight is 300 g/mol. The highest BCUT2D eigenvalue weighted by molar-refractivity contribution is 8.00. The predicted octanol–water partition coefficient (Wildman–Crippen LogP) is 2.77. The molecule has 2 fully saturated rings. The van der Waals surface area contributed by atoms with Gasteiger partial charge in [0, 0.05) is 23.9 Å². The topological polar surface area (TPSA) is 50.4 Å². The summed E-state index contributed by atoms with van der Waals surface area (Å²) in [6.07, 6.45) is 3.49. The van der Waals surface area contributed by atoms with Crippen LogP contribution in [0.4, 0.5) is 4.79 Å². The molecule has 20 heavy (non-hydrogen) atoms. The van der Waals surface area contributed by atoms with Gasteiger partial charge in [-0.3, -0.25) is 0 Å². The molecule has 1 saturated heterocycles. The summed E-state index contributed by atoms with van der Waals surface area (Å²) in [7, 11) is 0. The molecule has 2 N–H and O–H groups in total. The number of nitrogens with one attached hydrogen (secondary N) is 2. The highest BCUT2D eigenvalue weighted by Gasteiger charge is 2.35. The molecule has 3 atom stereocenters. The summed E-state index contributed by atoms with van der Waals surface area (Å²) in [5, 5.41) is 7.35. The maximum Gasteiger partial charge on any atom is 0.407 e. The quantitative estimate of drug-likeness (QED) is 0.820. The standard InChI is InChI=1S/C15H28N2O2S/c1-10-12(7-8-20-10)17-13(11-5-6-11)9-16-14(18)19-15(2,3)4/h10-13,17H,5-9H2,1-4H3,(H,16,18). The molecule has 0 aromatic heterocycles. The van der Waals surface area contributed by atoms with Crippen LogP contribution in [0.5, 0.6) is 0 Å². The number of carbonyl (C=O) groups is 1. The van der Waals surface area contributed by atoms with Gasteiger partial charge >= 0.3 is 6.09 Å². The summed E-state index contributed by atoms with van der Waals surface area (Å²) < 4.78 is 5.30. The van der Waals surface area contributed by atoms with E-state index in [0.717, 1.165) is 5.92 Å². The number of rotatable bonds is 5. The van der Waals surface area contributed by atoms with E-state index in [-0.39, 0.29) is 6.09 Å². The Morgan fingerprint density at radius 1 is 1.35 bits per heavy atom. The van der Waals surface area contributed by atoms with E-state index in [4.69, 9.17) is 4.74 Å². The van der Waals surface area contributed by atoms with Gasteiger partial charge in [0.05, 0.1) is 0 Å². The van der Waals surface area contributed by atoms with Crippen LogP contribution in [0.2, 0.25) is 0 Å². The molecule has 2 rings (SSSR count). The highest BCUT2D eigenvalue weighted by atomic mass is 32.2. The second-order valence-corrected chi connectivity index (χ2v) is 8.45. The van der Waals surface area contributed by atoms with Gasteiger partial charge in [-0.25, -0.2) is 4.79 Å². The predicted molar refractivity (Wildman–Crippen MR) is 84.2 cm³/mol. The molecule has 116 valence electrons. The van der Waals surface area contributed by atoms with Crippen molar-refractivity contribution in [3.63, 3.8) is 0 Å². The average Bonchev–Trinajstić information content (AvgIpc) is 3.07. The van der Waals surface area contributed by atoms with Crippen molar-refractivity contribution in [3.8, 4) is 0 Å². The zero-order valence-electron chi connectivity index (χ0n) is 13.1. The summed E-state index contributed by atoms with van der Waals surface area (Å²) >= 11 is 2.04. The zero-order valence-corrected chi connectivity index (χ0v) is 13.9. The van der Waals surface area contributed by atoms with Crippen molar-refractivity contribution in [1.82, 2.24) is 10.6 Å². The smallest absolute Gasteiger partial charge is 0.407 e. The molecule has 0 spiro atoms. The van der Waals surface area contributed by atoms with Gasteiger partial charge in [0.1, 0.15) is 5.60 Å². The van der Waals surface area contributed by atoms with Crippen molar-refractivity contribution in [1.29, 1.82) is 0 Å². The van der Waals surface area contributed by atoms with E-state index in [0.29, 0.717) is 23.9 Å². The Balaban J connectivity index is 1.76. The Bertz CT molecular complexity index is 339. The number of alkyl carbamates (subject to hydrolysis) is 1. The van der Waals surface area contributed by atoms with Gasteiger partial charge in [-0.1, -0.05) is 6.92 Å². The van der Waals surface area contributed by atoms with Crippen LogP contribution >= 0.6 is 11.8 Å². The molecule has 4 nitrogen and oxygen atoms in total. The highest BCUT2D eigenvalue weighted by Crippen LogP contribution is 2.34. The number of ether oxygens (including phenoxy) is 1. The fourth-order valence-electron chi connectivity index (χ4n) is 2.59.